The number of anilines is 1. The van der Waals surface area contributed by atoms with E-state index in [0.29, 0.717) is 11.6 Å². The number of sulfone groups is 1. The molecular weight excluding hydrogens is 402 g/mol. The lowest BCUT2D eigenvalue weighted by molar-refractivity contribution is 0.256. The highest BCUT2D eigenvalue weighted by molar-refractivity contribution is 8.00. The highest BCUT2D eigenvalue weighted by atomic mass is 32.2. The SMILES string of the molecule is Cc1nc(C)nc(NC(=O)NS(=O)(=O)C2=C(S(C)(=O)=O)C(=S)CC=C2)n1. The van der Waals surface area contributed by atoms with Crippen LogP contribution in [-0.2, 0) is 19.9 Å². The molecule has 0 spiro atoms. The number of sulfonamides is 1. The fourth-order valence-electron chi connectivity index (χ4n) is 2.16. The smallest absolute Gasteiger partial charge is 0.275 e. The molecule has 2 rings (SSSR count). The zero-order valence-corrected chi connectivity index (χ0v) is 16.4. The summed E-state index contributed by atoms with van der Waals surface area (Å²) in [5.41, 5.74) is 0. The van der Waals surface area contributed by atoms with Crippen LogP contribution in [0.1, 0.15) is 18.1 Å². The number of rotatable bonds is 4. The second-order valence-corrected chi connectivity index (χ2v) is 9.40. The van der Waals surface area contributed by atoms with E-state index in [4.69, 9.17) is 12.2 Å². The van der Waals surface area contributed by atoms with E-state index >= 15 is 0 Å². The number of aromatic nitrogens is 3. The van der Waals surface area contributed by atoms with Crippen molar-refractivity contribution in [3.63, 3.8) is 0 Å². The van der Waals surface area contributed by atoms with E-state index in [1.807, 2.05) is 0 Å². The molecule has 2 amide bonds. The van der Waals surface area contributed by atoms with Crippen molar-refractivity contribution in [2.75, 3.05) is 11.6 Å². The van der Waals surface area contributed by atoms with Gasteiger partial charge in [-0.05, 0) is 19.9 Å². The second-order valence-electron chi connectivity index (χ2n) is 5.31. The molecule has 1 aliphatic rings. The van der Waals surface area contributed by atoms with Gasteiger partial charge in [0.05, 0.1) is 0 Å². The topological polar surface area (TPSA) is 148 Å². The van der Waals surface area contributed by atoms with Gasteiger partial charge in [-0.2, -0.15) is 9.97 Å². The summed E-state index contributed by atoms with van der Waals surface area (Å²) in [5.74, 6) is 0.520. The largest absolute Gasteiger partial charge is 0.335 e. The molecule has 26 heavy (non-hydrogen) atoms. The summed E-state index contributed by atoms with van der Waals surface area (Å²) in [6.07, 6.45) is 3.47. The fraction of sp³-hybridized carbons (Fsp3) is 0.308. The second kappa shape index (κ2) is 7.17. The van der Waals surface area contributed by atoms with Crippen molar-refractivity contribution in [2.24, 2.45) is 0 Å². The molecule has 0 aromatic carbocycles. The highest BCUT2D eigenvalue weighted by Gasteiger charge is 2.31. The minimum Gasteiger partial charge on any atom is -0.275 e. The summed E-state index contributed by atoms with van der Waals surface area (Å²) in [4.78, 5) is 22.5. The average Bonchev–Trinajstić information content (AvgIpc) is 2.43. The van der Waals surface area contributed by atoms with Gasteiger partial charge in [0, 0.05) is 17.5 Å². The molecule has 0 saturated heterocycles. The van der Waals surface area contributed by atoms with Gasteiger partial charge in [-0.1, -0.05) is 18.3 Å². The lowest BCUT2D eigenvalue weighted by atomic mass is 10.2. The van der Waals surface area contributed by atoms with E-state index < -0.39 is 35.7 Å². The Kier molecular flexibility index (Phi) is 5.53. The third-order valence-corrected chi connectivity index (χ3v) is 6.23. The Morgan fingerprint density at radius 3 is 2.23 bits per heavy atom. The third kappa shape index (κ3) is 4.68. The van der Waals surface area contributed by atoms with Gasteiger partial charge in [-0.3, -0.25) is 5.32 Å². The summed E-state index contributed by atoms with van der Waals surface area (Å²) in [6.45, 7) is 3.15. The maximum atomic E-state index is 12.5. The predicted molar refractivity (Wildman–Crippen MR) is 98.6 cm³/mol. The van der Waals surface area contributed by atoms with E-state index in [9.17, 15) is 21.6 Å². The van der Waals surface area contributed by atoms with Gasteiger partial charge in [0.2, 0.25) is 5.95 Å². The maximum Gasteiger partial charge on any atom is 0.335 e. The Morgan fingerprint density at radius 1 is 1.12 bits per heavy atom. The van der Waals surface area contributed by atoms with Crippen molar-refractivity contribution in [2.45, 2.75) is 20.3 Å². The van der Waals surface area contributed by atoms with Crippen LogP contribution in [-0.4, -0.2) is 48.9 Å². The van der Waals surface area contributed by atoms with Crippen LogP contribution in [0.5, 0.6) is 0 Å². The molecule has 0 unspecified atom stereocenters. The van der Waals surface area contributed by atoms with Gasteiger partial charge in [0.25, 0.3) is 10.0 Å². The van der Waals surface area contributed by atoms with Crippen LogP contribution in [0.3, 0.4) is 0 Å². The Balaban J connectivity index is 2.34. The van der Waals surface area contributed by atoms with E-state index in [-0.39, 0.29) is 17.2 Å². The minimum atomic E-state index is -4.50. The van der Waals surface area contributed by atoms with Crippen LogP contribution in [0.4, 0.5) is 10.7 Å². The van der Waals surface area contributed by atoms with Crippen LogP contribution in [0.25, 0.3) is 0 Å². The first-order valence-corrected chi connectivity index (χ1v) is 10.9. The molecule has 1 aliphatic carbocycles. The summed E-state index contributed by atoms with van der Waals surface area (Å²) in [7, 11) is -8.41. The summed E-state index contributed by atoms with van der Waals surface area (Å²) in [5, 5.41) is 2.16. The van der Waals surface area contributed by atoms with Crippen molar-refractivity contribution >= 4 is 48.9 Å². The van der Waals surface area contributed by atoms with Gasteiger partial charge < -0.3 is 0 Å². The number of carbonyl (C=O) groups is 1. The van der Waals surface area contributed by atoms with Gasteiger partial charge in [0.1, 0.15) is 21.5 Å². The maximum absolute atomic E-state index is 12.5. The monoisotopic (exact) mass is 417 g/mol. The Hall–Kier alpha value is -2.25. The van der Waals surface area contributed by atoms with Gasteiger partial charge in [-0.25, -0.2) is 31.3 Å². The molecule has 1 aromatic heterocycles. The Bertz CT molecular complexity index is 1040. The number of hydrogen-bond acceptors (Lipinski definition) is 9. The molecule has 0 fully saturated rings. The van der Waals surface area contributed by atoms with Crippen LogP contribution in [0.15, 0.2) is 22.0 Å². The highest BCUT2D eigenvalue weighted by Crippen LogP contribution is 2.25. The first kappa shape index (κ1) is 20.1. The number of carbonyl (C=O) groups excluding carboxylic acids is 1. The minimum absolute atomic E-state index is 0.0421. The van der Waals surface area contributed by atoms with Crippen molar-refractivity contribution in [1.29, 1.82) is 0 Å². The van der Waals surface area contributed by atoms with E-state index in [1.165, 1.54) is 6.08 Å². The van der Waals surface area contributed by atoms with Crippen molar-refractivity contribution < 1.29 is 21.6 Å². The quantitative estimate of drug-likeness (QED) is 0.669. The summed E-state index contributed by atoms with van der Waals surface area (Å²) in [6, 6.07) is -1.15. The summed E-state index contributed by atoms with van der Waals surface area (Å²) < 4.78 is 50.5. The first-order chi connectivity index (χ1) is 11.9. The summed E-state index contributed by atoms with van der Waals surface area (Å²) >= 11 is 4.96. The van der Waals surface area contributed by atoms with Crippen LogP contribution in [0, 0.1) is 13.8 Å². The molecule has 0 saturated carbocycles. The molecule has 0 radical (unpaired) electrons. The molecular formula is C13H15N5O5S3. The van der Waals surface area contributed by atoms with Crippen molar-refractivity contribution in [3.8, 4) is 0 Å². The molecule has 2 N–H and O–H groups in total. The Labute approximate surface area is 155 Å². The number of thiocarbonyl (C=S) groups is 1. The predicted octanol–water partition coefficient (Wildman–Crippen LogP) is 0.526. The number of nitrogens with zero attached hydrogens (tertiary/aromatic N) is 3. The van der Waals surface area contributed by atoms with E-state index in [1.54, 1.807) is 18.6 Å². The zero-order valence-electron chi connectivity index (χ0n) is 14.0. The molecule has 0 atom stereocenters. The van der Waals surface area contributed by atoms with Gasteiger partial charge >= 0.3 is 6.03 Å². The zero-order chi connectivity index (χ0) is 19.7. The van der Waals surface area contributed by atoms with Gasteiger partial charge in [-0.15, -0.1) is 0 Å². The molecule has 1 aromatic rings. The third-order valence-electron chi connectivity index (χ3n) is 3.02. The number of hydrogen-bond donors (Lipinski definition) is 2. The van der Waals surface area contributed by atoms with Crippen LogP contribution in [0.2, 0.25) is 0 Å². The number of amides is 2. The molecule has 140 valence electrons. The molecule has 0 aliphatic heterocycles. The van der Waals surface area contributed by atoms with E-state index in [0.717, 1.165) is 12.3 Å². The lowest BCUT2D eigenvalue weighted by Crippen LogP contribution is -2.37. The molecule has 0 bridgehead atoms. The molecule has 10 nitrogen and oxygen atoms in total. The lowest BCUT2D eigenvalue weighted by Gasteiger charge is -2.16. The van der Waals surface area contributed by atoms with Crippen LogP contribution < -0.4 is 10.0 Å². The van der Waals surface area contributed by atoms with Gasteiger partial charge in [0.15, 0.2) is 9.84 Å². The number of nitrogens with one attached hydrogen (secondary N) is 2. The number of urea groups is 1. The van der Waals surface area contributed by atoms with Crippen LogP contribution >= 0.6 is 12.2 Å². The first-order valence-electron chi connectivity index (χ1n) is 7.07. The number of allylic oxidation sites excluding steroid dienone is 3. The van der Waals surface area contributed by atoms with Crippen molar-refractivity contribution in [1.82, 2.24) is 19.7 Å². The number of aryl methyl sites for hydroxylation is 2. The normalized spacial score (nSPS) is 15.1. The average molecular weight is 417 g/mol. The molecule has 1 heterocycles. The van der Waals surface area contributed by atoms with Crippen molar-refractivity contribution in [3.05, 3.63) is 33.6 Å². The Morgan fingerprint density at radius 2 is 1.69 bits per heavy atom. The molecule has 13 heteroatoms. The van der Waals surface area contributed by atoms with E-state index in [2.05, 4.69) is 20.3 Å². The standard InChI is InChI=1S/C13H15N5O5S3/c1-7-14-8(2)16-12(15-7)17-13(19)18-26(22,23)10-6-4-5-9(24)11(10)25(3,20)21/h4,6H,5H2,1-3H3,(H2,14,15,16,17,18,19). The fourth-order valence-corrected chi connectivity index (χ4v) is 5.64.